The molecule has 0 saturated heterocycles. The maximum absolute atomic E-state index is 12.6. The van der Waals surface area contributed by atoms with E-state index in [0.717, 1.165) is 21.2 Å². The second-order valence-electron chi connectivity index (χ2n) is 5.88. The van der Waals surface area contributed by atoms with Crippen LogP contribution in [0, 0.1) is 0 Å². The maximum atomic E-state index is 12.6. The van der Waals surface area contributed by atoms with Crippen LogP contribution >= 0.6 is 15.9 Å². The lowest BCUT2D eigenvalue weighted by Crippen LogP contribution is -2.13. The van der Waals surface area contributed by atoms with E-state index in [1.54, 1.807) is 17.1 Å². The summed E-state index contributed by atoms with van der Waals surface area (Å²) in [6.45, 7) is 0.554. The van der Waals surface area contributed by atoms with Crippen LogP contribution in [0.25, 0.3) is 11.1 Å². The average Bonchev–Trinajstić information content (AvgIpc) is 3.32. The Balaban J connectivity index is 1.48. The quantitative estimate of drug-likeness (QED) is 0.509. The number of nitrogens with zero attached hydrogens (tertiary/aromatic N) is 3. The van der Waals surface area contributed by atoms with Crippen LogP contribution in [0.4, 0.5) is 5.95 Å². The van der Waals surface area contributed by atoms with Crippen LogP contribution in [0.1, 0.15) is 16.1 Å². The molecule has 2 aromatic heterocycles. The highest BCUT2D eigenvalue weighted by molar-refractivity contribution is 9.10. The number of hydrogen-bond acceptors (Lipinski definition) is 4. The molecule has 0 radical (unpaired) electrons. The van der Waals surface area contributed by atoms with Gasteiger partial charge in [0.1, 0.15) is 6.33 Å². The molecular formula is C20H15BrN4O2. The highest BCUT2D eigenvalue weighted by Crippen LogP contribution is 2.25. The highest BCUT2D eigenvalue weighted by atomic mass is 79.9. The molecule has 6 nitrogen and oxygen atoms in total. The summed E-state index contributed by atoms with van der Waals surface area (Å²) in [6, 6.07) is 19.3. The number of halogens is 1. The van der Waals surface area contributed by atoms with Crippen molar-refractivity contribution in [2.24, 2.45) is 0 Å². The monoisotopic (exact) mass is 422 g/mol. The summed E-state index contributed by atoms with van der Waals surface area (Å²) in [7, 11) is 0. The van der Waals surface area contributed by atoms with Crippen molar-refractivity contribution in [2.45, 2.75) is 6.54 Å². The highest BCUT2D eigenvalue weighted by Gasteiger charge is 2.18. The van der Waals surface area contributed by atoms with Crippen LogP contribution in [0.5, 0.6) is 0 Å². The number of carbonyl (C=O) groups excluding carboxylic acids is 1. The predicted octanol–water partition coefficient (Wildman–Crippen LogP) is 4.60. The summed E-state index contributed by atoms with van der Waals surface area (Å²) in [5.41, 5.74) is 2.70. The Bertz CT molecular complexity index is 1070. The molecule has 0 unspecified atom stereocenters. The molecule has 0 aliphatic rings. The first kappa shape index (κ1) is 17.2. The summed E-state index contributed by atoms with van der Waals surface area (Å²) < 4.78 is 8.05. The Morgan fingerprint density at radius 1 is 1.11 bits per heavy atom. The zero-order valence-corrected chi connectivity index (χ0v) is 15.8. The van der Waals surface area contributed by atoms with Crippen molar-refractivity contribution in [1.82, 2.24) is 14.8 Å². The van der Waals surface area contributed by atoms with E-state index in [0.29, 0.717) is 6.54 Å². The van der Waals surface area contributed by atoms with E-state index in [4.69, 9.17) is 4.42 Å². The number of rotatable bonds is 5. The topological polar surface area (TPSA) is 73.0 Å². The van der Waals surface area contributed by atoms with Crippen LogP contribution in [0.2, 0.25) is 0 Å². The molecule has 0 spiro atoms. The molecule has 1 amide bonds. The van der Waals surface area contributed by atoms with Gasteiger partial charge >= 0.3 is 0 Å². The Morgan fingerprint density at radius 2 is 1.96 bits per heavy atom. The number of furan rings is 1. The fourth-order valence-electron chi connectivity index (χ4n) is 2.74. The summed E-state index contributed by atoms with van der Waals surface area (Å²) in [5, 5.41) is 6.99. The van der Waals surface area contributed by atoms with Crippen molar-refractivity contribution in [1.29, 1.82) is 0 Å². The standard InChI is InChI=1S/C20H15BrN4O2/c21-16-8-4-5-14(11-16)12-25-13-22-20(24-25)23-19(26)18-17(9-10-27-18)15-6-2-1-3-7-15/h1-11,13H,12H2,(H,23,24,26). The van der Waals surface area contributed by atoms with Crippen molar-refractivity contribution in [2.75, 3.05) is 5.32 Å². The van der Waals surface area contributed by atoms with Gasteiger partial charge in [0, 0.05) is 10.0 Å². The van der Waals surface area contributed by atoms with E-state index < -0.39 is 0 Å². The zero-order chi connectivity index (χ0) is 18.6. The Labute approximate surface area is 164 Å². The first-order chi connectivity index (χ1) is 13.2. The minimum Gasteiger partial charge on any atom is -0.459 e. The van der Waals surface area contributed by atoms with Gasteiger partial charge in [0.15, 0.2) is 5.76 Å². The van der Waals surface area contributed by atoms with Crippen LogP contribution in [-0.4, -0.2) is 20.7 Å². The SMILES string of the molecule is O=C(Nc1ncn(Cc2cccc(Br)c2)n1)c1occc1-c1ccccc1. The van der Waals surface area contributed by atoms with Gasteiger partial charge in [-0.05, 0) is 29.3 Å². The third kappa shape index (κ3) is 3.98. The van der Waals surface area contributed by atoms with E-state index >= 15 is 0 Å². The van der Waals surface area contributed by atoms with E-state index in [2.05, 4.69) is 31.3 Å². The molecule has 0 aliphatic carbocycles. The van der Waals surface area contributed by atoms with Gasteiger partial charge in [0.25, 0.3) is 5.91 Å². The lowest BCUT2D eigenvalue weighted by atomic mass is 10.1. The Morgan fingerprint density at radius 3 is 2.78 bits per heavy atom. The van der Waals surface area contributed by atoms with E-state index in [-0.39, 0.29) is 17.6 Å². The van der Waals surface area contributed by atoms with Crippen LogP contribution in [0.15, 0.2) is 82.1 Å². The van der Waals surface area contributed by atoms with Crippen LogP contribution in [0.3, 0.4) is 0 Å². The normalized spacial score (nSPS) is 10.7. The molecule has 134 valence electrons. The summed E-state index contributed by atoms with van der Waals surface area (Å²) in [6.07, 6.45) is 3.08. The molecule has 4 aromatic rings. The second kappa shape index (κ2) is 7.59. The first-order valence-corrected chi connectivity index (χ1v) is 9.06. The maximum Gasteiger partial charge on any atom is 0.294 e. The van der Waals surface area contributed by atoms with Gasteiger partial charge in [-0.2, -0.15) is 0 Å². The third-order valence-corrected chi connectivity index (χ3v) is 4.44. The van der Waals surface area contributed by atoms with Crippen LogP contribution < -0.4 is 5.32 Å². The molecule has 0 aliphatic heterocycles. The molecule has 4 rings (SSSR count). The van der Waals surface area contributed by atoms with E-state index in [1.165, 1.54) is 6.26 Å². The molecule has 0 fully saturated rings. The van der Waals surface area contributed by atoms with Crippen molar-refractivity contribution >= 4 is 27.8 Å². The number of hydrogen-bond donors (Lipinski definition) is 1. The summed E-state index contributed by atoms with van der Waals surface area (Å²) >= 11 is 3.45. The van der Waals surface area contributed by atoms with Gasteiger partial charge < -0.3 is 4.42 Å². The third-order valence-electron chi connectivity index (χ3n) is 3.95. The molecule has 2 aromatic carbocycles. The molecule has 0 bridgehead atoms. The minimum atomic E-state index is -0.390. The van der Waals surface area contributed by atoms with Crippen molar-refractivity contribution in [3.8, 4) is 11.1 Å². The lowest BCUT2D eigenvalue weighted by Gasteiger charge is -2.03. The molecule has 1 N–H and O–H groups in total. The van der Waals surface area contributed by atoms with Gasteiger partial charge in [-0.1, -0.05) is 58.4 Å². The molecule has 0 atom stereocenters. The van der Waals surface area contributed by atoms with Crippen LogP contribution in [-0.2, 0) is 6.54 Å². The van der Waals surface area contributed by atoms with E-state index in [9.17, 15) is 4.79 Å². The summed E-state index contributed by atoms with van der Waals surface area (Å²) in [4.78, 5) is 16.7. The van der Waals surface area contributed by atoms with E-state index in [1.807, 2.05) is 54.6 Å². The molecule has 2 heterocycles. The van der Waals surface area contributed by atoms with Gasteiger partial charge in [0.2, 0.25) is 5.95 Å². The number of nitrogens with one attached hydrogen (secondary N) is 1. The zero-order valence-electron chi connectivity index (χ0n) is 14.2. The van der Waals surface area contributed by atoms with Gasteiger partial charge in [0.05, 0.1) is 12.8 Å². The molecule has 0 saturated carbocycles. The molecular weight excluding hydrogens is 408 g/mol. The largest absolute Gasteiger partial charge is 0.459 e. The molecule has 7 heteroatoms. The number of anilines is 1. The van der Waals surface area contributed by atoms with Crippen molar-refractivity contribution < 1.29 is 9.21 Å². The predicted molar refractivity (Wildman–Crippen MR) is 105 cm³/mol. The first-order valence-electron chi connectivity index (χ1n) is 8.27. The fourth-order valence-corrected chi connectivity index (χ4v) is 3.19. The Hall–Kier alpha value is -3.19. The second-order valence-corrected chi connectivity index (χ2v) is 6.79. The lowest BCUT2D eigenvalue weighted by molar-refractivity contribution is 0.0996. The average molecular weight is 423 g/mol. The smallest absolute Gasteiger partial charge is 0.294 e. The van der Waals surface area contributed by atoms with Gasteiger partial charge in [-0.3, -0.25) is 10.1 Å². The Kier molecular flexibility index (Phi) is 4.84. The number of amides is 1. The molecule has 27 heavy (non-hydrogen) atoms. The van der Waals surface area contributed by atoms with Gasteiger partial charge in [-0.25, -0.2) is 9.67 Å². The fraction of sp³-hybridized carbons (Fsp3) is 0.0500. The van der Waals surface area contributed by atoms with Crippen molar-refractivity contribution in [3.05, 3.63) is 89.1 Å². The summed E-state index contributed by atoms with van der Waals surface area (Å²) in [5.74, 6) is 0.0639. The number of carbonyl (C=O) groups is 1. The van der Waals surface area contributed by atoms with Crippen molar-refractivity contribution in [3.63, 3.8) is 0 Å². The minimum absolute atomic E-state index is 0.226. The number of benzene rings is 2. The number of aromatic nitrogens is 3. The van der Waals surface area contributed by atoms with Gasteiger partial charge in [-0.15, -0.1) is 5.10 Å².